The second-order valence-corrected chi connectivity index (χ2v) is 6.60. The lowest BCUT2D eigenvalue weighted by molar-refractivity contribution is -0.136. The van der Waals surface area contributed by atoms with Gasteiger partial charge in [0.2, 0.25) is 11.8 Å². The van der Waals surface area contributed by atoms with E-state index in [-0.39, 0.29) is 36.9 Å². The molecule has 2 aliphatic heterocycles. The molecule has 0 bridgehead atoms. The number of carbonyl (C=O) groups is 4. The number of nitrogens with zero attached hydrogens (tertiary/aromatic N) is 2. The number of aromatic amines is 1. The molecule has 9 heteroatoms. The molecule has 1 aromatic heterocycles. The molecule has 1 aromatic carbocycles. The van der Waals surface area contributed by atoms with Gasteiger partial charge in [-0.2, -0.15) is 5.26 Å². The number of H-pyrrole nitrogens is 1. The highest BCUT2D eigenvalue weighted by atomic mass is 16.2. The molecule has 0 spiro atoms. The Balaban J connectivity index is 1.58. The molecule has 9 nitrogen and oxygen atoms in total. The minimum absolute atomic E-state index is 0.158. The molecule has 0 saturated carbocycles. The fourth-order valence-corrected chi connectivity index (χ4v) is 3.48. The number of piperidine rings is 1. The number of amides is 4. The van der Waals surface area contributed by atoms with E-state index in [9.17, 15) is 19.2 Å². The SMILES string of the molecule is N#Cc1c[nH]c(C(=O)Nc2cccc3c2CN(C2CCC(=O)NC2=O)C3=O)c1. The van der Waals surface area contributed by atoms with Crippen molar-refractivity contribution in [1.82, 2.24) is 15.2 Å². The maximum absolute atomic E-state index is 12.8. The van der Waals surface area contributed by atoms with Gasteiger partial charge < -0.3 is 15.2 Å². The summed E-state index contributed by atoms with van der Waals surface area (Å²) in [5.41, 5.74) is 2.03. The van der Waals surface area contributed by atoms with E-state index >= 15 is 0 Å². The van der Waals surface area contributed by atoms with E-state index in [0.29, 0.717) is 22.4 Å². The third kappa shape index (κ3) is 2.91. The van der Waals surface area contributed by atoms with Crippen LogP contribution in [0.25, 0.3) is 0 Å². The summed E-state index contributed by atoms with van der Waals surface area (Å²) in [6, 6.07) is 7.61. The van der Waals surface area contributed by atoms with Gasteiger partial charge in [0.05, 0.1) is 5.56 Å². The molecular weight excluding hydrogens is 362 g/mol. The summed E-state index contributed by atoms with van der Waals surface area (Å²) >= 11 is 0. The highest BCUT2D eigenvalue weighted by molar-refractivity contribution is 6.08. The fraction of sp³-hybridized carbons (Fsp3) is 0.211. The van der Waals surface area contributed by atoms with E-state index in [4.69, 9.17) is 5.26 Å². The molecule has 140 valence electrons. The van der Waals surface area contributed by atoms with Crippen LogP contribution in [0.5, 0.6) is 0 Å². The summed E-state index contributed by atoms with van der Waals surface area (Å²) in [6.07, 6.45) is 1.87. The van der Waals surface area contributed by atoms with Crippen molar-refractivity contribution in [2.24, 2.45) is 0 Å². The van der Waals surface area contributed by atoms with Crippen molar-refractivity contribution in [3.05, 3.63) is 52.8 Å². The summed E-state index contributed by atoms with van der Waals surface area (Å²) in [6.45, 7) is 0.158. The average Bonchev–Trinajstić information content (AvgIpc) is 3.28. The van der Waals surface area contributed by atoms with Crippen LogP contribution in [0.15, 0.2) is 30.5 Å². The van der Waals surface area contributed by atoms with Crippen LogP contribution in [0.4, 0.5) is 5.69 Å². The number of benzene rings is 1. The number of carbonyl (C=O) groups excluding carboxylic acids is 4. The van der Waals surface area contributed by atoms with Crippen LogP contribution in [0.2, 0.25) is 0 Å². The Kier molecular flexibility index (Phi) is 4.16. The smallest absolute Gasteiger partial charge is 0.272 e. The second-order valence-electron chi connectivity index (χ2n) is 6.60. The van der Waals surface area contributed by atoms with Crippen molar-refractivity contribution < 1.29 is 19.2 Å². The Morgan fingerprint density at radius 2 is 2.11 bits per heavy atom. The predicted octanol–water partition coefficient (Wildman–Crippen LogP) is 0.900. The van der Waals surface area contributed by atoms with Gasteiger partial charge in [0, 0.05) is 36.0 Å². The molecule has 1 fully saturated rings. The first-order valence-electron chi connectivity index (χ1n) is 8.64. The Bertz CT molecular complexity index is 1060. The summed E-state index contributed by atoms with van der Waals surface area (Å²) in [5.74, 6) is -1.59. The van der Waals surface area contributed by atoms with E-state index in [1.54, 1.807) is 18.2 Å². The zero-order valence-electron chi connectivity index (χ0n) is 14.6. The van der Waals surface area contributed by atoms with Gasteiger partial charge in [-0.15, -0.1) is 0 Å². The zero-order valence-corrected chi connectivity index (χ0v) is 14.6. The molecule has 28 heavy (non-hydrogen) atoms. The molecular formula is C19H15N5O4. The maximum atomic E-state index is 12.8. The number of aromatic nitrogens is 1. The van der Waals surface area contributed by atoms with Gasteiger partial charge in [0.25, 0.3) is 11.8 Å². The zero-order chi connectivity index (χ0) is 19.8. The Labute approximate surface area is 159 Å². The van der Waals surface area contributed by atoms with Crippen LogP contribution in [-0.2, 0) is 16.1 Å². The molecule has 0 aliphatic carbocycles. The molecule has 1 saturated heterocycles. The van der Waals surface area contributed by atoms with Gasteiger partial charge in [0.1, 0.15) is 17.8 Å². The van der Waals surface area contributed by atoms with Crippen LogP contribution < -0.4 is 10.6 Å². The van der Waals surface area contributed by atoms with Crippen LogP contribution in [0, 0.1) is 11.3 Å². The van der Waals surface area contributed by atoms with Crippen molar-refractivity contribution in [1.29, 1.82) is 5.26 Å². The van der Waals surface area contributed by atoms with Gasteiger partial charge >= 0.3 is 0 Å². The number of hydrogen-bond acceptors (Lipinski definition) is 5. The Morgan fingerprint density at radius 3 is 2.82 bits per heavy atom. The van der Waals surface area contributed by atoms with Gasteiger partial charge in [-0.05, 0) is 24.6 Å². The van der Waals surface area contributed by atoms with Gasteiger partial charge in [-0.25, -0.2) is 0 Å². The highest BCUT2D eigenvalue weighted by Crippen LogP contribution is 2.32. The van der Waals surface area contributed by atoms with Crippen LogP contribution in [0.3, 0.4) is 0 Å². The van der Waals surface area contributed by atoms with Crippen molar-refractivity contribution in [3.63, 3.8) is 0 Å². The monoisotopic (exact) mass is 377 g/mol. The minimum atomic E-state index is -0.720. The van der Waals surface area contributed by atoms with Crippen molar-refractivity contribution in [2.45, 2.75) is 25.4 Å². The lowest BCUT2D eigenvalue weighted by Gasteiger charge is -2.29. The van der Waals surface area contributed by atoms with Crippen molar-refractivity contribution >= 4 is 29.3 Å². The summed E-state index contributed by atoms with van der Waals surface area (Å²) in [5, 5.41) is 13.9. The highest BCUT2D eigenvalue weighted by Gasteiger charge is 2.39. The van der Waals surface area contributed by atoms with E-state index in [0.717, 1.165) is 0 Å². The molecule has 4 rings (SSSR count). The second kappa shape index (κ2) is 6.66. The number of hydrogen-bond donors (Lipinski definition) is 3. The van der Waals surface area contributed by atoms with Crippen molar-refractivity contribution in [3.8, 4) is 6.07 Å². The maximum Gasteiger partial charge on any atom is 0.272 e. The number of anilines is 1. The molecule has 2 aromatic rings. The number of rotatable bonds is 3. The normalized spacial score (nSPS) is 18.5. The quantitative estimate of drug-likeness (QED) is 0.683. The molecule has 4 amide bonds. The van der Waals surface area contributed by atoms with E-state index in [2.05, 4.69) is 15.6 Å². The van der Waals surface area contributed by atoms with Crippen LogP contribution >= 0.6 is 0 Å². The van der Waals surface area contributed by atoms with Crippen LogP contribution in [-0.4, -0.2) is 39.6 Å². The third-order valence-corrected chi connectivity index (χ3v) is 4.89. The molecule has 2 aliphatic rings. The van der Waals surface area contributed by atoms with Gasteiger partial charge in [-0.1, -0.05) is 6.07 Å². The Hall–Kier alpha value is -3.93. The topological polar surface area (TPSA) is 135 Å². The Morgan fingerprint density at radius 1 is 1.29 bits per heavy atom. The number of nitriles is 1. The standard InChI is InChI=1S/C19H15N5O4/c20-7-10-6-14(21-8-10)17(26)22-13-3-1-2-11-12(13)9-24(19(11)28)15-4-5-16(25)23-18(15)27/h1-3,6,8,15,21H,4-5,9H2,(H,22,26)(H,23,25,27). The van der Waals surface area contributed by atoms with Gasteiger partial charge in [0.15, 0.2) is 0 Å². The first-order valence-corrected chi connectivity index (χ1v) is 8.64. The molecule has 3 N–H and O–H groups in total. The first-order chi connectivity index (χ1) is 13.5. The van der Waals surface area contributed by atoms with Crippen LogP contribution in [0.1, 0.15) is 44.8 Å². The molecule has 3 heterocycles. The summed E-state index contributed by atoms with van der Waals surface area (Å²) in [7, 11) is 0. The minimum Gasteiger partial charge on any atom is -0.356 e. The lowest BCUT2D eigenvalue weighted by atomic mass is 10.0. The van der Waals surface area contributed by atoms with E-state index in [1.165, 1.54) is 17.2 Å². The predicted molar refractivity (Wildman–Crippen MR) is 95.9 cm³/mol. The summed E-state index contributed by atoms with van der Waals surface area (Å²) in [4.78, 5) is 52.9. The van der Waals surface area contributed by atoms with Gasteiger partial charge in [-0.3, -0.25) is 24.5 Å². The lowest BCUT2D eigenvalue weighted by Crippen LogP contribution is -2.52. The number of nitrogens with one attached hydrogen (secondary N) is 3. The summed E-state index contributed by atoms with van der Waals surface area (Å²) < 4.78 is 0. The fourth-order valence-electron chi connectivity index (χ4n) is 3.48. The first kappa shape index (κ1) is 17.5. The van der Waals surface area contributed by atoms with E-state index < -0.39 is 17.9 Å². The van der Waals surface area contributed by atoms with E-state index in [1.807, 2.05) is 6.07 Å². The molecule has 1 unspecified atom stereocenters. The third-order valence-electron chi connectivity index (χ3n) is 4.89. The number of fused-ring (bicyclic) bond motifs is 1. The largest absolute Gasteiger partial charge is 0.356 e. The molecule has 0 radical (unpaired) electrons. The average molecular weight is 377 g/mol. The number of imide groups is 1. The molecule has 1 atom stereocenters. The van der Waals surface area contributed by atoms with Crippen molar-refractivity contribution in [2.75, 3.05) is 5.32 Å².